The zero-order valence-electron chi connectivity index (χ0n) is 9.88. The minimum absolute atomic E-state index is 0.131. The molecular formula is C11H19NO4. The normalized spacial score (nSPS) is 27.2. The van der Waals surface area contributed by atoms with E-state index in [-0.39, 0.29) is 30.7 Å². The Labute approximate surface area is 95.1 Å². The van der Waals surface area contributed by atoms with Crippen LogP contribution >= 0.6 is 0 Å². The number of hydrogen-bond acceptors (Lipinski definition) is 3. The van der Waals surface area contributed by atoms with E-state index in [4.69, 9.17) is 5.11 Å². The van der Waals surface area contributed by atoms with Crippen LogP contribution in [0.3, 0.4) is 0 Å². The summed E-state index contributed by atoms with van der Waals surface area (Å²) in [6.45, 7) is 5.76. The molecule has 0 aromatic rings. The second-order valence-corrected chi connectivity index (χ2v) is 4.77. The molecule has 0 bridgehead atoms. The van der Waals surface area contributed by atoms with Crippen LogP contribution < -0.4 is 0 Å². The molecule has 1 rings (SSSR count). The van der Waals surface area contributed by atoms with Crippen LogP contribution in [0, 0.1) is 11.8 Å². The van der Waals surface area contributed by atoms with Crippen molar-refractivity contribution in [3.63, 3.8) is 0 Å². The van der Waals surface area contributed by atoms with Gasteiger partial charge in [0.1, 0.15) is 6.04 Å². The Morgan fingerprint density at radius 2 is 1.88 bits per heavy atom. The zero-order valence-corrected chi connectivity index (χ0v) is 9.88. The Morgan fingerprint density at radius 3 is 2.31 bits per heavy atom. The fourth-order valence-electron chi connectivity index (χ4n) is 1.84. The number of carbonyl (C=O) groups excluding carboxylic acids is 1. The van der Waals surface area contributed by atoms with Gasteiger partial charge in [-0.15, -0.1) is 0 Å². The Balaban J connectivity index is 2.78. The van der Waals surface area contributed by atoms with Crippen LogP contribution in [0.25, 0.3) is 0 Å². The monoisotopic (exact) mass is 229 g/mol. The summed E-state index contributed by atoms with van der Waals surface area (Å²) < 4.78 is 0. The molecule has 1 amide bonds. The highest BCUT2D eigenvalue weighted by atomic mass is 16.4. The van der Waals surface area contributed by atoms with Gasteiger partial charge in [0.2, 0.25) is 5.91 Å². The van der Waals surface area contributed by atoms with Gasteiger partial charge in [0, 0.05) is 18.9 Å². The van der Waals surface area contributed by atoms with E-state index in [9.17, 15) is 14.7 Å². The summed E-state index contributed by atoms with van der Waals surface area (Å²) in [7, 11) is 0. The number of aliphatic hydroxyl groups is 1. The Hall–Kier alpha value is -1.10. The molecule has 1 fully saturated rings. The number of rotatable bonds is 3. The van der Waals surface area contributed by atoms with Crippen LogP contribution in [0.15, 0.2) is 0 Å². The lowest BCUT2D eigenvalue weighted by atomic mass is 9.96. The van der Waals surface area contributed by atoms with E-state index in [1.165, 1.54) is 4.90 Å². The van der Waals surface area contributed by atoms with Crippen LogP contribution in [0.2, 0.25) is 0 Å². The fourth-order valence-corrected chi connectivity index (χ4v) is 1.84. The lowest BCUT2D eigenvalue weighted by molar-refractivity contribution is -0.150. The minimum Gasteiger partial charge on any atom is -0.480 e. The summed E-state index contributed by atoms with van der Waals surface area (Å²) in [6, 6.07) is -0.872. The van der Waals surface area contributed by atoms with Crippen LogP contribution in [0.4, 0.5) is 0 Å². The largest absolute Gasteiger partial charge is 0.480 e. The summed E-state index contributed by atoms with van der Waals surface area (Å²) in [5, 5.41) is 18.4. The molecule has 3 atom stereocenters. The molecule has 16 heavy (non-hydrogen) atoms. The molecule has 2 N–H and O–H groups in total. The maximum absolute atomic E-state index is 12.0. The van der Waals surface area contributed by atoms with Crippen molar-refractivity contribution < 1.29 is 19.8 Å². The Bertz CT molecular complexity index is 290. The van der Waals surface area contributed by atoms with E-state index < -0.39 is 18.1 Å². The molecule has 1 heterocycles. The molecule has 1 aliphatic heterocycles. The summed E-state index contributed by atoms with van der Waals surface area (Å²) in [6.07, 6.45) is -0.587. The van der Waals surface area contributed by atoms with Gasteiger partial charge in [0.15, 0.2) is 0 Å². The topological polar surface area (TPSA) is 77.8 Å². The number of carboxylic acid groups (broad SMARTS) is 1. The number of β-amino-alcohol motifs (C(OH)–C–C–N with tert-alkyl or cyclic N) is 1. The molecule has 0 radical (unpaired) electrons. The van der Waals surface area contributed by atoms with Gasteiger partial charge < -0.3 is 15.1 Å². The molecule has 5 nitrogen and oxygen atoms in total. The van der Waals surface area contributed by atoms with Gasteiger partial charge in [-0.3, -0.25) is 4.79 Å². The molecule has 0 aromatic carbocycles. The first-order valence-electron chi connectivity index (χ1n) is 5.56. The molecule has 3 unspecified atom stereocenters. The number of carbonyl (C=O) groups is 2. The van der Waals surface area contributed by atoms with E-state index in [0.29, 0.717) is 0 Å². The highest BCUT2D eigenvalue weighted by Gasteiger charge is 2.40. The van der Waals surface area contributed by atoms with Gasteiger partial charge in [0.05, 0.1) is 6.10 Å². The van der Waals surface area contributed by atoms with Crippen molar-refractivity contribution in [1.29, 1.82) is 0 Å². The van der Waals surface area contributed by atoms with Crippen molar-refractivity contribution in [3.05, 3.63) is 0 Å². The maximum atomic E-state index is 12.0. The van der Waals surface area contributed by atoms with E-state index in [1.807, 2.05) is 13.8 Å². The smallest absolute Gasteiger partial charge is 0.326 e. The first-order chi connectivity index (χ1) is 7.34. The van der Waals surface area contributed by atoms with Crippen molar-refractivity contribution in [2.24, 2.45) is 11.8 Å². The number of amides is 1. The number of carboxylic acids is 1. The first-order valence-corrected chi connectivity index (χ1v) is 5.56. The number of nitrogens with zero attached hydrogens (tertiary/aromatic N) is 1. The number of aliphatic hydroxyl groups excluding tert-OH is 1. The van der Waals surface area contributed by atoms with Crippen LogP contribution in [0.1, 0.15) is 27.2 Å². The number of aliphatic carboxylic acids is 1. The van der Waals surface area contributed by atoms with Gasteiger partial charge >= 0.3 is 5.97 Å². The van der Waals surface area contributed by atoms with Crippen molar-refractivity contribution in [3.8, 4) is 0 Å². The molecule has 0 aromatic heterocycles. The molecule has 1 saturated heterocycles. The first kappa shape index (κ1) is 13.0. The maximum Gasteiger partial charge on any atom is 0.326 e. The molecule has 0 saturated carbocycles. The average Bonchev–Trinajstić information content (AvgIpc) is 2.58. The third kappa shape index (κ3) is 2.52. The van der Waals surface area contributed by atoms with Gasteiger partial charge in [-0.1, -0.05) is 20.8 Å². The Kier molecular flexibility index (Phi) is 3.91. The van der Waals surface area contributed by atoms with Crippen molar-refractivity contribution in [2.45, 2.75) is 39.3 Å². The van der Waals surface area contributed by atoms with Crippen LogP contribution in [-0.4, -0.2) is 45.7 Å². The highest BCUT2D eigenvalue weighted by molar-refractivity contribution is 5.85. The summed E-state index contributed by atoms with van der Waals surface area (Å²) in [5.41, 5.74) is 0. The fraction of sp³-hybridized carbons (Fsp3) is 0.818. The second-order valence-electron chi connectivity index (χ2n) is 4.77. The standard InChI is InChI=1S/C11H19NO4/c1-6(2)7(3)10(14)12-5-8(13)4-9(12)11(15)16/h6-9,13H,4-5H2,1-3H3,(H,15,16). The average molecular weight is 229 g/mol. The SMILES string of the molecule is CC(C)C(C)C(=O)N1CC(O)CC1C(=O)O. The molecule has 0 spiro atoms. The van der Waals surface area contributed by atoms with Gasteiger partial charge in [-0.2, -0.15) is 0 Å². The lowest BCUT2D eigenvalue weighted by Gasteiger charge is -2.26. The predicted molar refractivity (Wildman–Crippen MR) is 57.8 cm³/mol. The second kappa shape index (κ2) is 4.82. The molecule has 5 heteroatoms. The van der Waals surface area contributed by atoms with E-state index in [2.05, 4.69) is 0 Å². The van der Waals surface area contributed by atoms with E-state index in [1.54, 1.807) is 6.92 Å². The zero-order chi connectivity index (χ0) is 12.5. The summed E-state index contributed by atoms with van der Waals surface area (Å²) in [5.74, 6) is -1.27. The molecular weight excluding hydrogens is 210 g/mol. The van der Waals surface area contributed by atoms with Gasteiger partial charge in [0.25, 0.3) is 0 Å². The highest BCUT2D eigenvalue weighted by Crippen LogP contribution is 2.23. The molecule has 0 aliphatic carbocycles. The Morgan fingerprint density at radius 1 is 1.31 bits per heavy atom. The lowest BCUT2D eigenvalue weighted by Crippen LogP contribution is -2.44. The van der Waals surface area contributed by atoms with Crippen molar-refractivity contribution in [1.82, 2.24) is 4.90 Å². The number of likely N-dealkylation sites (tertiary alicyclic amines) is 1. The molecule has 1 aliphatic rings. The quantitative estimate of drug-likeness (QED) is 0.730. The summed E-state index contributed by atoms with van der Waals surface area (Å²) >= 11 is 0. The van der Waals surface area contributed by atoms with E-state index >= 15 is 0 Å². The van der Waals surface area contributed by atoms with Crippen LogP contribution in [0.5, 0.6) is 0 Å². The predicted octanol–water partition coefficient (Wildman–Crippen LogP) is 0.325. The minimum atomic E-state index is -1.04. The van der Waals surface area contributed by atoms with Crippen LogP contribution in [-0.2, 0) is 9.59 Å². The van der Waals surface area contributed by atoms with Gasteiger partial charge in [-0.25, -0.2) is 4.79 Å². The third-order valence-electron chi connectivity index (χ3n) is 3.24. The number of hydrogen-bond donors (Lipinski definition) is 2. The van der Waals surface area contributed by atoms with Gasteiger partial charge in [-0.05, 0) is 5.92 Å². The van der Waals surface area contributed by atoms with Crippen molar-refractivity contribution in [2.75, 3.05) is 6.54 Å². The van der Waals surface area contributed by atoms with E-state index in [0.717, 1.165) is 0 Å². The molecule has 92 valence electrons. The summed E-state index contributed by atoms with van der Waals surface area (Å²) in [4.78, 5) is 24.2. The van der Waals surface area contributed by atoms with Crippen molar-refractivity contribution >= 4 is 11.9 Å². The third-order valence-corrected chi connectivity index (χ3v) is 3.24.